The van der Waals surface area contributed by atoms with Crippen molar-refractivity contribution in [3.63, 3.8) is 0 Å². The van der Waals surface area contributed by atoms with Crippen LogP contribution in [0.5, 0.6) is 5.75 Å². The van der Waals surface area contributed by atoms with Crippen LogP contribution in [-0.2, 0) is 11.2 Å². The Balaban J connectivity index is 1.94. The van der Waals surface area contributed by atoms with Crippen molar-refractivity contribution >= 4 is 17.3 Å². The zero-order chi connectivity index (χ0) is 16.6. The predicted octanol–water partition coefficient (Wildman–Crippen LogP) is 3.24. The van der Waals surface area contributed by atoms with E-state index in [-0.39, 0.29) is 5.91 Å². The number of nitrogen functional groups attached to an aromatic ring is 1. The van der Waals surface area contributed by atoms with Crippen LogP contribution in [0.3, 0.4) is 0 Å². The van der Waals surface area contributed by atoms with Gasteiger partial charge in [-0.15, -0.1) is 0 Å². The van der Waals surface area contributed by atoms with Crippen LogP contribution < -0.4 is 15.4 Å². The number of hydrogen-bond acceptors (Lipinski definition) is 3. The normalized spacial score (nSPS) is 16.9. The lowest BCUT2D eigenvalue weighted by atomic mass is 9.98. The van der Waals surface area contributed by atoms with E-state index in [1.807, 2.05) is 13.0 Å². The summed E-state index contributed by atoms with van der Waals surface area (Å²) in [6.07, 6.45) is 0.0571. The maximum absolute atomic E-state index is 12.8. The Labute approximate surface area is 136 Å². The van der Waals surface area contributed by atoms with Gasteiger partial charge in [-0.1, -0.05) is 23.8 Å². The minimum absolute atomic E-state index is 0.00526. The van der Waals surface area contributed by atoms with Crippen molar-refractivity contribution in [2.24, 2.45) is 0 Å². The van der Waals surface area contributed by atoms with Gasteiger partial charge in [0.2, 0.25) is 0 Å². The lowest BCUT2D eigenvalue weighted by Crippen LogP contribution is -2.47. The van der Waals surface area contributed by atoms with E-state index in [0.717, 1.165) is 11.3 Å². The van der Waals surface area contributed by atoms with Crippen LogP contribution in [0.2, 0.25) is 0 Å². The van der Waals surface area contributed by atoms with E-state index in [9.17, 15) is 4.79 Å². The Morgan fingerprint density at radius 1 is 1.17 bits per heavy atom. The first-order chi connectivity index (χ1) is 11.0. The molecular formula is C19H22N2O2. The van der Waals surface area contributed by atoms with E-state index < -0.39 is 6.10 Å². The highest BCUT2D eigenvalue weighted by Gasteiger charge is 2.33. The van der Waals surface area contributed by atoms with Crippen LogP contribution in [0.1, 0.15) is 23.6 Å². The average Bonchev–Trinajstić information content (AvgIpc) is 2.52. The third-order valence-electron chi connectivity index (χ3n) is 4.31. The summed E-state index contributed by atoms with van der Waals surface area (Å²) in [7, 11) is 0. The minimum Gasteiger partial charge on any atom is -0.478 e. The van der Waals surface area contributed by atoms with Gasteiger partial charge in [-0.2, -0.15) is 0 Å². The average molecular weight is 310 g/mol. The van der Waals surface area contributed by atoms with Crippen molar-refractivity contribution < 1.29 is 9.53 Å². The number of hydrogen-bond donors (Lipinski definition) is 1. The second-order valence-electron chi connectivity index (χ2n) is 6.05. The molecule has 0 spiro atoms. The third-order valence-corrected chi connectivity index (χ3v) is 4.31. The monoisotopic (exact) mass is 310 g/mol. The number of fused-ring (bicyclic) bond motifs is 1. The molecule has 1 heterocycles. The highest BCUT2D eigenvalue weighted by atomic mass is 16.5. The summed E-state index contributed by atoms with van der Waals surface area (Å²) >= 11 is 0. The Bertz CT molecular complexity index is 755. The molecule has 2 aromatic carbocycles. The molecule has 0 aromatic heterocycles. The highest BCUT2D eigenvalue weighted by molar-refractivity contribution is 6.00. The summed E-state index contributed by atoms with van der Waals surface area (Å²) < 4.78 is 5.98. The largest absolute Gasteiger partial charge is 0.478 e. The standard InChI is InChI=1S/C19H22N2O2/c1-4-21-16-8-7-15(20)11-17(16)23-18(19(21)22)10-14-9-12(2)5-6-13(14)3/h5-9,11,18H,4,10,20H2,1-3H3. The lowest BCUT2D eigenvalue weighted by molar-refractivity contribution is -0.126. The molecule has 2 N–H and O–H groups in total. The summed E-state index contributed by atoms with van der Waals surface area (Å²) in [5.74, 6) is 0.687. The Morgan fingerprint density at radius 3 is 2.70 bits per heavy atom. The molecule has 0 saturated heterocycles. The van der Waals surface area contributed by atoms with Gasteiger partial charge in [-0.3, -0.25) is 4.79 Å². The van der Waals surface area contributed by atoms with E-state index in [1.165, 1.54) is 11.1 Å². The molecule has 1 aliphatic heterocycles. The van der Waals surface area contributed by atoms with Gasteiger partial charge in [0.05, 0.1) is 5.69 Å². The molecule has 0 fully saturated rings. The van der Waals surface area contributed by atoms with Crippen molar-refractivity contribution in [2.45, 2.75) is 33.3 Å². The van der Waals surface area contributed by atoms with Crippen LogP contribution in [0.4, 0.5) is 11.4 Å². The number of carbonyl (C=O) groups excluding carboxylic acids is 1. The fourth-order valence-corrected chi connectivity index (χ4v) is 3.02. The zero-order valence-electron chi connectivity index (χ0n) is 13.8. The summed E-state index contributed by atoms with van der Waals surface area (Å²) in [5, 5.41) is 0. The van der Waals surface area contributed by atoms with Crippen LogP contribution >= 0.6 is 0 Å². The molecule has 1 unspecified atom stereocenters. The summed E-state index contributed by atoms with van der Waals surface area (Å²) in [6, 6.07) is 11.7. The van der Waals surface area contributed by atoms with Gasteiger partial charge >= 0.3 is 0 Å². The van der Waals surface area contributed by atoms with Crippen molar-refractivity contribution in [3.05, 3.63) is 53.1 Å². The number of ether oxygens (including phenoxy) is 1. The number of nitrogens with zero attached hydrogens (tertiary/aromatic N) is 1. The molecule has 3 rings (SSSR count). The topological polar surface area (TPSA) is 55.6 Å². The number of anilines is 2. The molecule has 120 valence electrons. The first kappa shape index (κ1) is 15.4. The lowest BCUT2D eigenvalue weighted by Gasteiger charge is -2.34. The Morgan fingerprint density at radius 2 is 1.96 bits per heavy atom. The molecule has 4 heteroatoms. The molecule has 4 nitrogen and oxygen atoms in total. The van der Waals surface area contributed by atoms with Crippen LogP contribution in [-0.4, -0.2) is 18.6 Å². The van der Waals surface area contributed by atoms with Crippen LogP contribution in [0.15, 0.2) is 36.4 Å². The number of carbonyl (C=O) groups is 1. The Hall–Kier alpha value is -2.49. The minimum atomic E-state index is -0.509. The Kier molecular flexibility index (Phi) is 3.99. The van der Waals surface area contributed by atoms with Crippen molar-refractivity contribution in [2.75, 3.05) is 17.2 Å². The van der Waals surface area contributed by atoms with E-state index in [2.05, 4.69) is 32.0 Å². The molecule has 23 heavy (non-hydrogen) atoms. The molecule has 1 atom stereocenters. The van der Waals surface area contributed by atoms with Gasteiger partial charge in [-0.25, -0.2) is 0 Å². The number of nitrogens with two attached hydrogens (primary N) is 1. The van der Waals surface area contributed by atoms with Gasteiger partial charge in [0.1, 0.15) is 5.75 Å². The molecule has 0 radical (unpaired) electrons. The maximum Gasteiger partial charge on any atom is 0.268 e. The number of aryl methyl sites for hydroxylation is 2. The number of rotatable bonds is 3. The fraction of sp³-hybridized carbons (Fsp3) is 0.316. The summed E-state index contributed by atoms with van der Waals surface area (Å²) in [4.78, 5) is 14.5. The van der Waals surface area contributed by atoms with Gasteiger partial charge < -0.3 is 15.4 Å². The number of likely N-dealkylation sites (N-methyl/N-ethyl adjacent to an activating group) is 1. The molecule has 2 aromatic rings. The first-order valence-electron chi connectivity index (χ1n) is 7.93. The fourth-order valence-electron chi connectivity index (χ4n) is 3.02. The molecule has 1 amide bonds. The SMILES string of the molecule is CCN1C(=O)C(Cc2cc(C)ccc2C)Oc2cc(N)ccc21. The molecular weight excluding hydrogens is 288 g/mol. The summed E-state index contributed by atoms with van der Waals surface area (Å²) in [6.45, 7) is 6.70. The highest BCUT2D eigenvalue weighted by Crippen LogP contribution is 2.36. The molecule has 0 bridgehead atoms. The second kappa shape index (κ2) is 5.95. The zero-order valence-corrected chi connectivity index (χ0v) is 13.8. The quantitative estimate of drug-likeness (QED) is 0.885. The van der Waals surface area contributed by atoms with Crippen LogP contribution in [0, 0.1) is 13.8 Å². The van der Waals surface area contributed by atoms with E-state index in [1.54, 1.807) is 17.0 Å². The van der Waals surface area contributed by atoms with Gasteiger partial charge in [-0.05, 0) is 44.0 Å². The molecule has 0 saturated carbocycles. The first-order valence-corrected chi connectivity index (χ1v) is 7.93. The second-order valence-corrected chi connectivity index (χ2v) is 6.05. The third kappa shape index (κ3) is 2.89. The van der Waals surface area contributed by atoms with Crippen LogP contribution in [0.25, 0.3) is 0 Å². The number of amides is 1. The van der Waals surface area contributed by atoms with Gasteiger partial charge in [0.15, 0.2) is 6.10 Å². The molecule has 0 aliphatic carbocycles. The molecule has 1 aliphatic rings. The van der Waals surface area contributed by atoms with E-state index >= 15 is 0 Å². The van der Waals surface area contributed by atoms with E-state index in [4.69, 9.17) is 10.5 Å². The smallest absolute Gasteiger partial charge is 0.268 e. The van der Waals surface area contributed by atoms with Gasteiger partial charge in [0, 0.05) is 24.7 Å². The maximum atomic E-state index is 12.8. The van der Waals surface area contributed by atoms with E-state index in [0.29, 0.717) is 24.4 Å². The summed E-state index contributed by atoms with van der Waals surface area (Å²) in [5.41, 5.74) is 10.8. The predicted molar refractivity (Wildman–Crippen MR) is 92.9 cm³/mol. The van der Waals surface area contributed by atoms with Crippen molar-refractivity contribution in [1.29, 1.82) is 0 Å². The van der Waals surface area contributed by atoms with Gasteiger partial charge in [0.25, 0.3) is 5.91 Å². The number of benzene rings is 2. The van der Waals surface area contributed by atoms with Crippen molar-refractivity contribution in [1.82, 2.24) is 0 Å². The van der Waals surface area contributed by atoms with Crippen molar-refractivity contribution in [3.8, 4) is 5.75 Å².